The summed E-state index contributed by atoms with van der Waals surface area (Å²) in [5, 5.41) is 7.28. The van der Waals surface area contributed by atoms with Gasteiger partial charge in [0.05, 0.1) is 5.69 Å². The van der Waals surface area contributed by atoms with E-state index in [0.29, 0.717) is 0 Å². The molecule has 0 aromatic carbocycles. The molecule has 2 aliphatic rings. The molecule has 1 heterocycles. The molecule has 2 aliphatic carbocycles. The van der Waals surface area contributed by atoms with Crippen LogP contribution < -0.4 is 5.73 Å². The van der Waals surface area contributed by atoms with Crippen LogP contribution in [0.4, 0.5) is 0 Å². The highest BCUT2D eigenvalue weighted by Crippen LogP contribution is 2.58. The second kappa shape index (κ2) is 2.40. The van der Waals surface area contributed by atoms with Crippen LogP contribution in [0.15, 0.2) is 0 Å². The van der Waals surface area contributed by atoms with Gasteiger partial charge in [-0.3, -0.25) is 5.10 Å². The fourth-order valence-corrected chi connectivity index (χ4v) is 3.32. The molecule has 1 aromatic heterocycles. The van der Waals surface area contributed by atoms with Crippen LogP contribution in [0.1, 0.15) is 36.2 Å². The Morgan fingerprint density at radius 3 is 2.50 bits per heavy atom. The molecule has 76 valence electrons. The lowest BCUT2D eigenvalue weighted by molar-refractivity contribution is 0.407. The van der Waals surface area contributed by atoms with Gasteiger partial charge in [0, 0.05) is 16.8 Å². The van der Waals surface area contributed by atoms with E-state index in [1.165, 1.54) is 24.8 Å². The van der Waals surface area contributed by atoms with E-state index >= 15 is 0 Å². The number of aryl methyl sites for hydroxylation is 2. The minimum atomic E-state index is -0.0747. The van der Waals surface area contributed by atoms with Crippen LogP contribution in [0.3, 0.4) is 0 Å². The number of hydrogen-bond donors (Lipinski definition) is 2. The van der Waals surface area contributed by atoms with Crippen molar-refractivity contribution in [3.05, 3.63) is 17.0 Å². The zero-order chi connectivity index (χ0) is 9.92. The summed E-state index contributed by atoms with van der Waals surface area (Å²) < 4.78 is 0. The molecule has 14 heavy (non-hydrogen) atoms. The Balaban J connectivity index is 2.01. The molecule has 2 atom stereocenters. The number of hydrogen-bond acceptors (Lipinski definition) is 2. The summed E-state index contributed by atoms with van der Waals surface area (Å²) in [5.41, 5.74) is 9.94. The van der Waals surface area contributed by atoms with Gasteiger partial charge in [-0.1, -0.05) is 0 Å². The minimum absolute atomic E-state index is 0.0747. The van der Waals surface area contributed by atoms with Crippen molar-refractivity contribution in [3.63, 3.8) is 0 Å². The first kappa shape index (κ1) is 8.48. The molecular weight excluding hydrogens is 174 g/mol. The van der Waals surface area contributed by atoms with Gasteiger partial charge in [0.15, 0.2) is 0 Å². The Labute approximate surface area is 84.1 Å². The summed E-state index contributed by atoms with van der Waals surface area (Å²) in [6.07, 6.45) is 3.74. The van der Waals surface area contributed by atoms with Crippen molar-refractivity contribution in [2.24, 2.45) is 17.6 Å². The van der Waals surface area contributed by atoms with E-state index in [4.69, 9.17) is 5.73 Å². The molecule has 3 nitrogen and oxygen atoms in total. The van der Waals surface area contributed by atoms with Crippen LogP contribution >= 0.6 is 0 Å². The highest BCUT2D eigenvalue weighted by Gasteiger charge is 2.53. The molecule has 0 radical (unpaired) electrons. The predicted octanol–water partition coefficient (Wildman–Crippen LogP) is 1.61. The number of aromatic nitrogens is 2. The third kappa shape index (κ3) is 0.989. The number of nitrogens with two attached hydrogens (primary N) is 1. The average Bonchev–Trinajstić information content (AvgIpc) is 2.54. The Morgan fingerprint density at radius 1 is 1.36 bits per heavy atom. The van der Waals surface area contributed by atoms with Gasteiger partial charge in [-0.15, -0.1) is 0 Å². The van der Waals surface area contributed by atoms with Crippen LogP contribution in [0, 0.1) is 25.7 Å². The largest absolute Gasteiger partial charge is 0.321 e. The number of fused-ring (bicyclic) bond motifs is 1. The van der Waals surface area contributed by atoms with Gasteiger partial charge in [-0.05, 0) is 44.9 Å². The molecule has 0 amide bonds. The van der Waals surface area contributed by atoms with E-state index in [-0.39, 0.29) is 5.54 Å². The number of H-pyrrole nitrogens is 1. The van der Waals surface area contributed by atoms with E-state index in [9.17, 15) is 0 Å². The molecule has 0 aliphatic heterocycles. The Bertz CT molecular complexity index is 350. The molecule has 0 bridgehead atoms. The first-order chi connectivity index (χ1) is 6.60. The van der Waals surface area contributed by atoms with Gasteiger partial charge in [0.1, 0.15) is 0 Å². The number of aromatic amines is 1. The van der Waals surface area contributed by atoms with Gasteiger partial charge in [-0.25, -0.2) is 0 Å². The van der Waals surface area contributed by atoms with E-state index in [1.54, 1.807) is 0 Å². The van der Waals surface area contributed by atoms with Crippen LogP contribution in [0.2, 0.25) is 0 Å². The van der Waals surface area contributed by atoms with E-state index < -0.39 is 0 Å². The number of nitrogens with one attached hydrogen (secondary N) is 1. The monoisotopic (exact) mass is 191 g/mol. The van der Waals surface area contributed by atoms with Crippen molar-refractivity contribution in [2.75, 3.05) is 0 Å². The second-order valence-corrected chi connectivity index (χ2v) is 5.13. The topological polar surface area (TPSA) is 54.7 Å². The highest BCUT2D eigenvalue weighted by atomic mass is 15.1. The summed E-state index contributed by atoms with van der Waals surface area (Å²) in [5.74, 6) is 1.82. The van der Waals surface area contributed by atoms with Gasteiger partial charge in [0.25, 0.3) is 0 Å². The Kier molecular flexibility index (Phi) is 1.45. The maximum absolute atomic E-state index is 6.49. The highest BCUT2D eigenvalue weighted by molar-refractivity contribution is 5.34. The van der Waals surface area contributed by atoms with Crippen LogP contribution in [0.5, 0.6) is 0 Å². The number of rotatable bonds is 1. The lowest BCUT2D eigenvalue weighted by Gasteiger charge is -2.26. The van der Waals surface area contributed by atoms with Crippen molar-refractivity contribution >= 4 is 0 Å². The van der Waals surface area contributed by atoms with Crippen LogP contribution in [-0.2, 0) is 5.54 Å². The van der Waals surface area contributed by atoms with Gasteiger partial charge in [0.2, 0.25) is 0 Å². The van der Waals surface area contributed by atoms with Gasteiger partial charge in [-0.2, -0.15) is 5.10 Å². The zero-order valence-corrected chi connectivity index (χ0v) is 8.80. The van der Waals surface area contributed by atoms with Crippen molar-refractivity contribution in [3.8, 4) is 0 Å². The van der Waals surface area contributed by atoms with E-state index in [2.05, 4.69) is 24.0 Å². The fourth-order valence-electron chi connectivity index (χ4n) is 3.32. The first-order valence-corrected chi connectivity index (χ1v) is 5.41. The van der Waals surface area contributed by atoms with Crippen LogP contribution in [0.25, 0.3) is 0 Å². The molecule has 1 aromatic rings. The Morgan fingerprint density at radius 2 is 2.00 bits per heavy atom. The third-order valence-electron chi connectivity index (χ3n) is 3.95. The summed E-state index contributed by atoms with van der Waals surface area (Å²) >= 11 is 0. The van der Waals surface area contributed by atoms with Crippen molar-refractivity contribution < 1.29 is 0 Å². The predicted molar refractivity (Wildman–Crippen MR) is 54.8 cm³/mol. The minimum Gasteiger partial charge on any atom is -0.321 e. The van der Waals surface area contributed by atoms with E-state index in [0.717, 1.165) is 23.2 Å². The van der Waals surface area contributed by atoms with Crippen molar-refractivity contribution in [1.29, 1.82) is 0 Å². The second-order valence-electron chi connectivity index (χ2n) is 5.13. The molecule has 2 saturated carbocycles. The summed E-state index contributed by atoms with van der Waals surface area (Å²) in [6.45, 7) is 4.13. The van der Waals surface area contributed by atoms with E-state index in [1.807, 2.05) is 0 Å². The molecule has 3 N–H and O–H groups in total. The lowest BCUT2D eigenvalue weighted by Crippen LogP contribution is -2.36. The SMILES string of the molecule is Cc1n[nH]c(C)c1C1(N)CC2CC2C1. The molecule has 3 rings (SSSR count). The summed E-state index contributed by atoms with van der Waals surface area (Å²) in [4.78, 5) is 0. The van der Waals surface area contributed by atoms with Crippen molar-refractivity contribution in [2.45, 2.75) is 38.6 Å². The quantitative estimate of drug-likeness (QED) is 0.708. The molecule has 2 fully saturated rings. The average molecular weight is 191 g/mol. The fraction of sp³-hybridized carbons (Fsp3) is 0.727. The van der Waals surface area contributed by atoms with Crippen LogP contribution in [-0.4, -0.2) is 10.2 Å². The van der Waals surface area contributed by atoms with Gasteiger partial charge < -0.3 is 5.73 Å². The van der Waals surface area contributed by atoms with Crippen molar-refractivity contribution in [1.82, 2.24) is 10.2 Å². The molecule has 0 spiro atoms. The lowest BCUT2D eigenvalue weighted by atomic mass is 9.85. The smallest absolute Gasteiger partial charge is 0.0644 e. The first-order valence-electron chi connectivity index (χ1n) is 5.41. The number of nitrogens with zero attached hydrogens (tertiary/aromatic N) is 1. The van der Waals surface area contributed by atoms with Gasteiger partial charge >= 0.3 is 0 Å². The maximum Gasteiger partial charge on any atom is 0.0644 e. The summed E-state index contributed by atoms with van der Waals surface area (Å²) in [6, 6.07) is 0. The summed E-state index contributed by atoms with van der Waals surface area (Å²) in [7, 11) is 0. The standard InChI is InChI=1S/C11H17N3/c1-6-10(7(2)14-13-6)11(12)4-8-3-9(8)5-11/h8-9H,3-5,12H2,1-2H3,(H,13,14). The molecular formula is C11H17N3. The molecule has 0 saturated heterocycles. The maximum atomic E-state index is 6.49. The third-order valence-corrected chi connectivity index (χ3v) is 3.95. The Hall–Kier alpha value is -0.830. The molecule has 2 unspecified atom stereocenters. The normalized spacial score (nSPS) is 39.9. The zero-order valence-electron chi connectivity index (χ0n) is 8.80. The molecule has 3 heteroatoms.